The second kappa shape index (κ2) is 15.4. The standard InChI is InChI=1S/C37H48N4O4/c1-26-22-41(27(2)25-42)36(43)21-31-20-33(39-37(44)38-32-12-8-5-9-13-32)18-19-34(31)45-35(26)24-40(3)23-28-14-16-30(17-15-28)29-10-6-4-7-11-29/h4,6-7,10-11,14-20,26-27,32,35,42H,5,8-9,12-13,21-25H2,1-3H3,(H2,38,39,44)/t26-,27+,35-/m0/s1. The molecule has 1 aliphatic heterocycles. The zero-order valence-electron chi connectivity index (χ0n) is 26.9. The molecule has 0 bridgehead atoms. The summed E-state index contributed by atoms with van der Waals surface area (Å²) in [6.07, 6.45) is 5.44. The molecule has 3 atom stereocenters. The number of urea groups is 1. The van der Waals surface area contributed by atoms with E-state index < -0.39 is 0 Å². The Morgan fingerprint density at radius 1 is 1.02 bits per heavy atom. The number of aliphatic hydroxyl groups is 1. The number of rotatable bonds is 9. The number of hydrogen-bond donors (Lipinski definition) is 3. The number of anilines is 1. The van der Waals surface area contributed by atoms with Gasteiger partial charge in [0.05, 0.1) is 19.1 Å². The lowest BCUT2D eigenvalue weighted by atomic mass is 9.96. The van der Waals surface area contributed by atoms with Gasteiger partial charge in [-0.3, -0.25) is 9.69 Å². The Labute approximate surface area is 267 Å². The molecule has 3 aromatic carbocycles. The smallest absolute Gasteiger partial charge is 0.319 e. The van der Waals surface area contributed by atoms with Crippen LogP contribution in [0.4, 0.5) is 10.5 Å². The number of carbonyl (C=O) groups excluding carboxylic acids is 2. The van der Waals surface area contributed by atoms with Crippen LogP contribution in [0.15, 0.2) is 72.8 Å². The molecule has 0 saturated heterocycles. The van der Waals surface area contributed by atoms with Crippen molar-refractivity contribution in [1.29, 1.82) is 0 Å². The van der Waals surface area contributed by atoms with E-state index in [0.29, 0.717) is 24.5 Å². The van der Waals surface area contributed by atoms with Crippen LogP contribution in [-0.2, 0) is 17.8 Å². The number of nitrogens with one attached hydrogen (secondary N) is 2. The van der Waals surface area contributed by atoms with Crippen LogP contribution in [0.5, 0.6) is 5.75 Å². The molecule has 3 amide bonds. The Bertz CT molecular complexity index is 1410. The Morgan fingerprint density at radius 2 is 1.73 bits per heavy atom. The minimum Gasteiger partial charge on any atom is -0.488 e. The number of nitrogens with zero attached hydrogens (tertiary/aromatic N) is 2. The van der Waals surface area contributed by atoms with Crippen molar-refractivity contribution in [2.45, 2.75) is 77.1 Å². The molecule has 1 aliphatic carbocycles. The highest BCUT2D eigenvalue weighted by molar-refractivity contribution is 5.90. The second-order valence-electron chi connectivity index (χ2n) is 12.9. The van der Waals surface area contributed by atoms with E-state index in [1.165, 1.54) is 23.1 Å². The summed E-state index contributed by atoms with van der Waals surface area (Å²) >= 11 is 0. The first kappa shape index (κ1) is 32.5. The molecule has 1 fully saturated rings. The molecule has 5 rings (SSSR count). The maximum Gasteiger partial charge on any atom is 0.319 e. The van der Waals surface area contributed by atoms with Crippen LogP contribution in [0.25, 0.3) is 11.1 Å². The van der Waals surface area contributed by atoms with Crippen molar-refractivity contribution in [2.24, 2.45) is 5.92 Å². The van der Waals surface area contributed by atoms with E-state index in [4.69, 9.17) is 4.74 Å². The van der Waals surface area contributed by atoms with Crippen LogP contribution in [0.1, 0.15) is 57.1 Å². The number of aliphatic hydroxyl groups excluding tert-OH is 1. The number of hydrogen-bond acceptors (Lipinski definition) is 5. The van der Waals surface area contributed by atoms with Gasteiger partial charge in [0.25, 0.3) is 0 Å². The third kappa shape index (κ3) is 8.86. The molecule has 8 nitrogen and oxygen atoms in total. The Hall–Kier alpha value is -3.88. The normalized spacial score (nSPS) is 19.9. The van der Waals surface area contributed by atoms with Gasteiger partial charge in [-0.15, -0.1) is 0 Å². The van der Waals surface area contributed by atoms with E-state index in [0.717, 1.165) is 37.8 Å². The van der Waals surface area contributed by atoms with Gasteiger partial charge in [0.15, 0.2) is 0 Å². The fraction of sp³-hybridized carbons (Fsp3) is 0.459. The topological polar surface area (TPSA) is 94.1 Å². The summed E-state index contributed by atoms with van der Waals surface area (Å²) in [6.45, 7) is 5.75. The zero-order valence-corrected chi connectivity index (χ0v) is 26.9. The summed E-state index contributed by atoms with van der Waals surface area (Å²) < 4.78 is 6.69. The molecule has 0 spiro atoms. The average Bonchev–Trinajstić information content (AvgIpc) is 3.09. The number of fused-ring (bicyclic) bond motifs is 1. The van der Waals surface area contributed by atoms with Crippen LogP contribution in [0.2, 0.25) is 0 Å². The molecule has 1 saturated carbocycles. The van der Waals surface area contributed by atoms with Gasteiger partial charge >= 0.3 is 6.03 Å². The monoisotopic (exact) mass is 612 g/mol. The molecular formula is C37H48N4O4. The van der Waals surface area contributed by atoms with Crippen LogP contribution < -0.4 is 15.4 Å². The summed E-state index contributed by atoms with van der Waals surface area (Å²) in [5.74, 6) is 0.595. The third-order valence-corrected chi connectivity index (χ3v) is 9.12. The van der Waals surface area contributed by atoms with Crippen molar-refractivity contribution in [1.82, 2.24) is 15.1 Å². The third-order valence-electron chi connectivity index (χ3n) is 9.12. The molecular weight excluding hydrogens is 564 g/mol. The predicted molar refractivity (Wildman–Crippen MR) is 179 cm³/mol. The van der Waals surface area contributed by atoms with E-state index in [9.17, 15) is 14.7 Å². The molecule has 0 aromatic heterocycles. The SMILES string of the molecule is C[C@H](CO)N1C[C@H](C)[C@H](CN(C)Cc2ccc(-c3ccccc3)cc2)Oc2ccc(NC(=O)NC3CCCCC3)cc2CC1=O. The number of carbonyl (C=O) groups is 2. The van der Waals surface area contributed by atoms with E-state index in [1.54, 1.807) is 4.90 Å². The van der Waals surface area contributed by atoms with Gasteiger partial charge < -0.3 is 25.4 Å². The van der Waals surface area contributed by atoms with E-state index >= 15 is 0 Å². The predicted octanol–water partition coefficient (Wildman–Crippen LogP) is 6.09. The van der Waals surface area contributed by atoms with Gasteiger partial charge in [0.1, 0.15) is 11.9 Å². The van der Waals surface area contributed by atoms with Crippen molar-refractivity contribution >= 4 is 17.6 Å². The molecule has 3 aromatic rings. The maximum absolute atomic E-state index is 13.6. The highest BCUT2D eigenvalue weighted by Gasteiger charge is 2.31. The number of ether oxygens (including phenoxy) is 1. The van der Waals surface area contributed by atoms with Gasteiger partial charge in [-0.05, 0) is 61.7 Å². The summed E-state index contributed by atoms with van der Waals surface area (Å²) in [6, 6.07) is 24.2. The van der Waals surface area contributed by atoms with Gasteiger partial charge in [0.2, 0.25) is 5.91 Å². The number of likely N-dealkylation sites (N-methyl/N-ethyl adjacent to an activating group) is 1. The van der Waals surface area contributed by atoms with E-state index in [1.807, 2.05) is 31.2 Å². The van der Waals surface area contributed by atoms with Crippen LogP contribution in [0.3, 0.4) is 0 Å². The van der Waals surface area contributed by atoms with Crippen molar-refractivity contribution in [3.8, 4) is 16.9 Å². The fourth-order valence-electron chi connectivity index (χ4n) is 6.44. The largest absolute Gasteiger partial charge is 0.488 e. The first-order valence-corrected chi connectivity index (χ1v) is 16.4. The van der Waals surface area contributed by atoms with E-state index in [2.05, 4.69) is 78.0 Å². The van der Waals surface area contributed by atoms with Crippen LogP contribution in [0, 0.1) is 5.92 Å². The van der Waals surface area contributed by atoms with Gasteiger partial charge in [0, 0.05) is 42.8 Å². The van der Waals surface area contributed by atoms with Crippen LogP contribution >= 0.6 is 0 Å². The molecule has 2 aliphatic rings. The van der Waals surface area contributed by atoms with Crippen molar-refractivity contribution in [3.05, 3.63) is 83.9 Å². The summed E-state index contributed by atoms with van der Waals surface area (Å²) in [7, 11) is 2.09. The molecule has 0 unspecified atom stereocenters. The molecule has 1 heterocycles. The minimum absolute atomic E-state index is 0.0101. The average molecular weight is 613 g/mol. The first-order chi connectivity index (χ1) is 21.8. The van der Waals surface area contributed by atoms with Crippen LogP contribution in [-0.4, -0.2) is 71.8 Å². The van der Waals surface area contributed by atoms with Gasteiger partial charge in [-0.25, -0.2) is 4.79 Å². The maximum atomic E-state index is 13.6. The number of benzene rings is 3. The van der Waals surface area contributed by atoms with Crippen molar-refractivity contribution in [3.63, 3.8) is 0 Å². The minimum atomic E-state index is -0.314. The number of amides is 3. The molecule has 8 heteroatoms. The summed E-state index contributed by atoms with van der Waals surface area (Å²) in [5, 5.41) is 16.0. The van der Waals surface area contributed by atoms with Crippen molar-refractivity contribution < 1.29 is 19.4 Å². The second-order valence-corrected chi connectivity index (χ2v) is 12.9. The Balaban J connectivity index is 1.31. The molecule has 45 heavy (non-hydrogen) atoms. The fourth-order valence-corrected chi connectivity index (χ4v) is 6.44. The van der Waals surface area contributed by atoms with Crippen molar-refractivity contribution in [2.75, 3.05) is 32.1 Å². The first-order valence-electron chi connectivity index (χ1n) is 16.4. The molecule has 3 N–H and O–H groups in total. The lowest BCUT2D eigenvalue weighted by molar-refractivity contribution is -0.134. The highest BCUT2D eigenvalue weighted by atomic mass is 16.5. The summed E-state index contributed by atoms with van der Waals surface area (Å²) in [5.41, 5.74) is 4.95. The molecule has 0 radical (unpaired) electrons. The summed E-state index contributed by atoms with van der Waals surface area (Å²) in [4.78, 5) is 30.4. The van der Waals surface area contributed by atoms with Gasteiger partial charge in [-0.2, -0.15) is 0 Å². The van der Waals surface area contributed by atoms with Gasteiger partial charge in [-0.1, -0.05) is 80.8 Å². The molecule has 240 valence electrons. The Morgan fingerprint density at radius 3 is 2.44 bits per heavy atom. The Kier molecular flexibility index (Phi) is 11.1. The lowest BCUT2D eigenvalue weighted by Crippen LogP contribution is -2.47. The van der Waals surface area contributed by atoms with E-state index in [-0.39, 0.29) is 49.1 Å². The highest BCUT2D eigenvalue weighted by Crippen LogP contribution is 2.30. The lowest BCUT2D eigenvalue weighted by Gasteiger charge is -2.34. The quantitative estimate of drug-likeness (QED) is 0.272. The zero-order chi connectivity index (χ0) is 31.8.